The zero-order valence-corrected chi connectivity index (χ0v) is 12.8. The van der Waals surface area contributed by atoms with E-state index in [9.17, 15) is 14.4 Å². The van der Waals surface area contributed by atoms with Crippen molar-refractivity contribution in [2.75, 3.05) is 5.32 Å². The first-order chi connectivity index (χ1) is 11.1. The molecule has 2 heterocycles. The number of carbonyl (C=O) groups excluding carboxylic acids is 1. The number of hydrogen-bond acceptors (Lipinski definition) is 3. The molecule has 1 atom stereocenters. The average molecular weight is 314 g/mol. The lowest BCUT2D eigenvalue weighted by atomic mass is 9.98. The standard InChI is InChI=1S/C16H18N4O3/c1-2-3-9-20-13-11(14(21)19-16(20)23)12(17-15(22)18-13)10-7-5-4-6-8-10/h4-8,12H,2-3,9H2,1H3,(H2,17,18,22)(H,19,21,23)/t12-/m1/s1. The van der Waals surface area contributed by atoms with Crippen LogP contribution in [0.1, 0.15) is 36.9 Å². The maximum absolute atomic E-state index is 12.3. The zero-order valence-electron chi connectivity index (χ0n) is 12.8. The fourth-order valence-corrected chi connectivity index (χ4v) is 2.76. The third kappa shape index (κ3) is 2.77. The van der Waals surface area contributed by atoms with Crippen molar-refractivity contribution in [3.63, 3.8) is 0 Å². The van der Waals surface area contributed by atoms with Crippen LogP contribution in [0.25, 0.3) is 0 Å². The van der Waals surface area contributed by atoms with Gasteiger partial charge in [0.2, 0.25) is 0 Å². The number of rotatable bonds is 4. The SMILES string of the molecule is CCCCn1c2c(c(=O)[nH]c1=O)[C@@H](c1ccccc1)NC(=O)N2. The van der Waals surface area contributed by atoms with Gasteiger partial charge >= 0.3 is 11.7 Å². The van der Waals surface area contributed by atoms with E-state index in [2.05, 4.69) is 15.6 Å². The molecule has 0 bridgehead atoms. The molecular weight excluding hydrogens is 296 g/mol. The predicted molar refractivity (Wildman–Crippen MR) is 86.7 cm³/mol. The van der Waals surface area contributed by atoms with Gasteiger partial charge in [-0.15, -0.1) is 0 Å². The van der Waals surface area contributed by atoms with Crippen LogP contribution >= 0.6 is 0 Å². The van der Waals surface area contributed by atoms with Crippen LogP contribution in [-0.4, -0.2) is 15.6 Å². The summed E-state index contributed by atoms with van der Waals surface area (Å²) in [6, 6.07) is 8.19. The number of aromatic nitrogens is 2. The quantitative estimate of drug-likeness (QED) is 0.799. The molecular formula is C16H18N4O3. The Balaban J connectivity index is 2.20. The molecule has 3 N–H and O–H groups in total. The Kier molecular flexibility index (Phi) is 4.01. The minimum atomic E-state index is -0.586. The Labute approximate surface area is 132 Å². The van der Waals surface area contributed by atoms with Crippen LogP contribution in [0.3, 0.4) is 0 Å². The minimum absolute atomic E-state index is 0.282. The molecule has 23 heavy (non-hydrogen) atoms. The number of aromatic amines is 1. The summed E-state index contributed by atoms with van der Waals surface area (Å²) >= 11 is 0. The van der Waals surface area contributed by atoms with Crippen molar-refractivity contribution in [1.29, 1.82) is 0 Å². The number of urea groups is 1. The van der Waals surface area contributed by atoms with Crippen LogP contribution in [0.2, 0.25) is 0 Å². The van der Waals surface area contributed by atoms with Crippen molar-refractivity contribution in [1.82, 2.24) is 14.9 Å². The van der Waals surface area contributed by atoms with E-state index in [1.165, 1.54) is 4.57 Å². The molecule has 0 unspecified atom stereocenters. The summed E-state index contributed by atoms with van der Waals surface area (Å²) < 4.78 is 1.43. The lowest BCUT2D eigenvalue weighted by Crippen LogP contribution is -2.46. The molecule has 0 aliphatic carbocycles. The van der Waals surface area contributed by atoms with E-state index < -0.39 is 23.3 Å². The van der Waals surface area contributed by atoms with Crippen molar-refractivity contribution >= 4 is 11.8 Å². The van der Waals surface area contributed by atoms with E-state index in [0.717, 1.165) is 18.4 Å². The van der Waals surface area contributed by atoms with Crippen LogP contribution in [0.4, 0.5) is 10.6 Å². The number of H-pyrrole nitrogens is 1. The number of carbonyl (C=O) groups is 1. The number of fused-ring (bicyclic) bond motifs is 1. The van der Waals surface area contributed by atoms with E-state index in [1.54, 1.807) is 0 Å². The van der Waals surface area contributed by atoms with E-state index in [4.69, 9.17) is 0 Å². The third-order valence-electron chi connectivity index (χ3n) is 3.90. The normalized spacial score (nSPS) is 16.4. The van der Waals surface area contributed by atoms with Gasteiger partial charge in [0.15, 0.2) is 0 Å². The average Bonchev–Trinajstić information content (AvgIpc) is 2.54. The molecule has 1 aliphatic heterocycles. The smallest absolute Gasteiger partial charge is 0.327 e. The number of benzene rings is 1. The Morgan fingerprint density at radius 3 is 2.57 bits per heavy atom. The van der Waals surface area contributed by atoms with Gasteiger partial charge in [0, 0.05) is 6.54 Å². The second-order valence-electron chi connectivity index (χ2n) is 5.47. The summed E-state index contributed by atoms with van der Waals surface area (Å²) in [6.07, 6.45) is 1.67. The van der Waals surface area contributed by atoms with E-state index >= 15 is 0 Å². The van der Waals surface area contributed by atoms with E-state index in [1.807, 2.05) is 37.3 Å². The molecule has 0 saturated heterocycles. The van der Waals surface area contributed by atoms with Gasteiger partial charge < -0.3 is 5.32 Å². The molecule has 1 aromatic heterocycles. The van der Waals surface area contributed by atoms with Gasteiger partial charge in [-0.1, -0.05) is 43.7 Å². The number of anilines is 1. The lowest BCUT2D eigenvalue weighted by molar-refractivity contribution is 0.248. The number of hydrogen-bond donors (Lipinski definition) is 3. The fraction of sp³-hybridized carbons (Fsp3) is 0.312. The highest BCUT2D eigenvalue weighted by atomic mass is 16.2. The number of unbranched alkanes of at least 4 members (excludes halogenated alkanes) is 1. The molecule has 2 amide bonds. The van der Waals surface area contributed by atoms with Gasteiger partial charge in [-0.05, 0) is 12.0 Å². The van der Waals surface area contributed by atoms with Crippen LogP contribution in [-0.2, 0) is 6.54 Å². The van der Waals surface area contributed by atoms with Crippen LogP contribution in [0.15, 0.2) is 39.9 Å². The summed E-state index contributed by atoms with van der Waals surface area (Å²) in [5.41, 5.74) is 0.150. The molecule has 7 nitrogen and oxygen atoms in total. The fourth-order valence-electron chi connectivity index (χ4n) is 2.76. The van der Waals surface area contributed by atoms with Gasteiger partial charge in [-0.25, -0.2) is 9.59 Å². The first-order valence-electron chi connectivity index (χ1n) is 7.61. The maximum Gasteiger partial charge on any atom is 0.329 e. The maximum atomic E-state index is 12.3. The highest BCUT2D eigenvalue weighted by molar-refractivity contribution is 5.92. The summed E-state index contributed by atoms with van der Waals surface area (Å²) in [5, 5.41) is 5.36. The summed E-state index contributed by atoms with van der Waals surface area (Å²) in [5.74, 6) is 0.282. The van der Waals surface area contributed by atoms with Crippen LogP contribution < -0.4 is 21.9 Å². The molecule has 3 rings (SSSR count). The van der Waals surface area contributed by atoms with Crippen molar-refractivity contribution in [3.05, 3.63) is 62.3 Å². The number of amides is 2. The van der Waals surface area contributed by atoms with Gasteiger partial charge in [0.1, 0.15) is 5.82 Å². The Hall–Kier alpha value is -2.83. The van der Waals surface area contributed by atoms with Crippen molar-refractivity contribution in [3.8, 4) is 0 Å². The molecule has 7 heteroatoms. The Morgan fingerprint density at radius 2 is 1.87 bits per heavy atom. The second kappa shape index (κ2) is 6.12. The predicted octanol–water partition coefficient (Wildman–Crippen LogP) is 1.56. The molecule has 120 valence electrons. The lowest BCUT2D eigenvalue weighted by Gasteiger charge is -2.28. The minimum Gasteiger partial charge on any atom is -0.327 e. The summed E-state index contributed by atoms with van der Waals surface area (Å²) in [7, 11) is 0. The Morgan fingerprint density at radius 1 is 1.13 bits per heavy atom. The van der Waals surface area contributed by atoms with Crippen molar-refractivity contribution in [2.45, 2.75) is 32.4 Å². The number of nitrogens with one attached hydrogen (secondary N) is 3. The van der Waals surface area contributed by atoms with Gasteiger partial charge in [0.25, 0.3) is 5.56 Å². The Bertz CT molecular complexity index is 839. The first-order valence-corrected chi connectivity index (χ1v) is 7.61. The molecule has 0 spiro atoms. The highest BCUT2D eigenvalue weighted by Gasteiger charge is 2.31. The molecule has 2 aromatic rings. The number of nitrogens with zero attached hydrogens (tertiary/aromatic N) is 1. The highest BCUT2D eigenvalue weighted by Crippen LogP contribution is 2.28. The molecule has 0 fully saturated rings. The van der Waals surface area contributed by atoms with Gasteiger partial charge in [-0.3, -0.25) is 19.7 Å². The summed E-state index contributed by atoms with van der Waals surface area (Å²) in [6.45, 7) is 2.45. The third-order valence-corrected chi connectivity index (χ3v) is 3.90. The van der Waals surface area contributed by atoms with Gasteiger partial charge in [0.05, 0.1) is 11.6 Å². The molecule has 0 radical (unpaired) electrons. The second-order valence-corrected chi connectivity index (χ2v) is 5.47. The monoisotopic (exact) mass is 314 g/mol. The molecule has 0 saturated carbocycles. The van der Waals surface area contributed by atoms with Crippen molar-refractivity contribution < 1.29 is 4.79 Å². The first kappa shape index (κ1) is 15.1. The van der Waals surface area contributed by atoms with E-state index in [-0.39, 0.29) is 5.82 Å². The molecule has 1 aliphatic rings. The van der Waals surface area contributed by atoms with Crippen LogP contribution in [0, 0.1) is 0 Å². The molecule has 1 aromatic carbocycles. The van der Waals surface area contributed by atoms with E-state index in [0.29, 0.717) is 12.1 Å². The zero-order chi connectivity index (χ0) is 16.4. The van der Waals surface area contributed by atoms with Gasteiger partial charge in [-0.2, -0.15) is 0 Å². The topological polar surface area (TPSA) is 96.0 Å². The van der Waals surface area contributed by atoms with Crippen molar-refractivity contribution in [2.24, 2.45) is 0 Å². The largest absolute Gasteiger partial charge is 0.329 e. The summed E-state index contributed by atoms with van der Waals surface area (Å²) in [4.78, 5) is 38.8. The van der Waals surface area contributed by atoms with Crippen LogP contribution in [0.5, 0.6) is 0 Å².